The van der Waals surface area contributed by atoms with Crippen molar-refractivity contribution in [2.75, 3.05) is 12.4 Å². The molecule has 3 amide bonds. The van der Waals surface area contributed by atoms with Crippen LogP contribution in [0.15, 0.2) is 16.8 Å². The van der Waals surface area contributed by atoms with Crippen LogP contribution in [0.5, 0.6) is 0 Å². The largest absolute Gasteiger partial charge is 0.352 e. The van der Waals surface area contributed by atoms with Crippen LogP contribution in [0.1, 0.15) is 42.8 Å². The zero-order chi connectivity index (χ0) is 16.8. The van der Waals surface area contributed by atoms with Crippen LogP contribution in [0, 0.1) is 0 Å². The smallest absolute Gasteiger partial charge is 0.320 e. The Kier molecular flexibility index (Phi) is 5.28. The second-order valence-electron chi connectivity index (χ2n) is 4.82. The van der Waals surface area contributed by atoms with Crippen LogP contribution in [-0.4, -0.2) is 38.9 Å². The first kappa shape index (κ1) is 16.5. The van der Waals surface area contributed by atoms with E-state index in [1.807, 2.05) is 13.8 Å². The molecule has 0 aromatic carbocycles. The molecule has 0 radical (unpaired) electrons. The molecule has 2 aromatic rings. The predicted molar refractivity (Wildman–Crippen MR) is 80.8 cm³/mol. The number of hydrogen-bond donors (Lipinski definition) is 3. The summed E-state index contributed by atoms with van der Waals surface area (Å²) in [5.74, 6) is 0.184. The Morgan fingerprint density at radius 1 is 1.43 bits per heavy atom. The van der Waals surface area contributed by atoms with Crippen molar-refractivity contribution in [1.29, 1.82) is 0 Å². The summed E-state index contributed by atoms with van der Waals surface area (Å²) in [6, 6.07) is 1.45. The van der Waals surface area contributed by atoms with E-state index in [0.717, 1.165) is 6.42 Å². The van der Waals surface area contributed by atoms with E-state index in [1.165, 1.54) is 7.05 Å². The third-order valence-electron chi connectivity index (χ3n) is 3.22. The van der Waals surface area contributed by atoms with Crippen LogP contribution in [0.4, 0.5) is 10.6 Å². The molecule has 0 aliphatic heterocycles. The van der Waals surface area contributed by atoms with Gasteiger partial charge >= 0.3 is 6.03 Å². The molecule has 124 valence electrons. The molecule has 2 aromatic heterocycles. The second-order valence-corrected chi connectivity index (χ2v) is 4.82. The van der Waals surface area contributed by atoms with E-state index in [9.17, 15) is 9.59 Å². The fraction of sp³-hybridized carbons (Fsp3) is 0.462. The maximum Gasteiger partial charge on any atom is 0.320 e. The fourth-order valence-electron chi connectivity index (χ4n) is 1.78. The predicted octanol–water partition coefficient (Wildman–Crippen LogP) is 0.918. The van der Waals surface area contributed by atoms with Gasteiger partial charge in [0.1, 0.15) is 5.82 Å². The molecule has 1 atom stereocenters. The van der Waals surface area contributed by atoms with Crippen molar-refractivity contribution < 1.29 is 14.1 Å². The topological polar surface area (TPSA) is 127 Å². The molecule has 0 saturated heterocycles. The minimum absolute atomic E-state index is 0.00724. The first-order valence-corrected chi connectivity index (χ1v) is 7.18. The molecule has 10 heteroatoms. The number of rotatable bonds is 6. The first-order chi connectivity index (χ1) is 11.0. The Hall–Kier alpha value is -2.91. The van der Waals surface area contributed by atoms with Crippen molar-refractivity contribution in [1.82, 2.24) is 30.6 Å². The van der Waals surface area contributed by atoms with Gasteiger partial charge in [0.2, 0.25) is 5.89 Å². The van der Waals surface area contributed by atoms with Gasteiger partial charge in [0, 0.05) is 13.1 Å². The lowest BCUT2D eigenvalue weighted by molar-refractivity contribution is 0.0950. The van der Waals surface area contributed by atoms with E-state index in [0.29, 0.717) is 5.82 Å². The molecular weight excluding hydrogens is 302 g/mol. The SMILES string of the molecule is CC[C@@H](C)n1nccc1NC(=O)NCc1nc(C(=O)NC)no1. The molecule has 0 spiro atoms. The van der Waals surface area contributed by atoms with Gasteiger partial charge in [-0.25, -0.2) is 9.48 Å². The van der Waals surface area contributed by atoms with Gasteiger partial charge in [-0.1, -0.05) is 12.1 Å². The number of anilines is 1. The lowest BCUT2D eigenvalue weighted by Gasteiger charge is -2.14. The number of carbonyl (C=O) groups is 2. The molecule has 0 unspecified atom stereocenters. The second kappa shape index (κ2) is 7.38. The molecule has 0 aliphatic carbocycles. The monoisotopic (exact) mass is 321 g/mol. The molecular formula is C13H19N7O3. The minimum atomic E-state index is -0.457. The Morgan fingerprint density at radius 2 is 2.22 bits per heavy atom. The first-order valence-electron chi connectivity index (χ1n) is 7.18. The summed E-state index contributed by atoms with van der Waals surface area (Å²) in [5, 5.41) is 15.3. The van der Waals surface area contributed by atoms with E-state index >= 15 is 0 Å². The number of nitrogens with one attached hydrogen (secondary N) is 3. The zero-order valence-corrected chi connectivity index (χ0v) is 13.2. The molecule has 2 heterocycles. The van der Waals surface area contributed by atoms with Gasteiger partial charge in [-0.05, 0) is 13.3 Å². The Morgan fingerprint density at radius 3 is 2.91 bits per heavy atom. The van der Waals surface area contributed by atoms with Crippen LogP contribution < -0.4 is 16.0 Å². The van der Waals surface area contributed by atoms with Gasteiger partial charge in [-0.2, -0.15) is 10.1 Å². The third-order valence-corrected chi connectivity index (χ3v) is 3.22. The molecule has 0 fully saturated rings. The summed E-state index contributed by atoms with van der Waals surface area (Å²) in [7, 11) is 1.46. The van der Waals surface area contributed by atoms with Crippen molar-refractivity contribution in [2.24, 2.45) is 0 Å². The van der Waals surface area contributed by atoms with Crippen molar-refractivity contribution in [3.63, 3.8) is 0 Å². The summed E-state index contributed by atoms with van der Waals surface area (Å²) < 4.78 is 6.60. The van der Waals surface area contributed by atoms with Crippen molar-refractivity contribution in [3.05, 3.63) is 24.0 Å². The lowest BCUT2D eigenvalue weighted by Crippen LogP contribution is -2.29. The Balaban J connectivity index is 1.89. The Bertz CT molecular complexity index is 679. The molecule has 10 nitrogen and oxygen atoms in total. The highest BCUT2D eigenvalue weighted by molar-refractivity contribution is 5.90. The van der Waals surface area contributed by atoms with Gasteiger partial charge in [0.15, 0.2) is 0 Å². The van der Waals surface area contributed by atoms with Crippen LogP contribution in [0.25, 0.3) is 0 Å². The van der Waals surface area contributed by atoms with Crippen molar-refractivity contribution in [2.45, 2.75) is 32.9 Å². The van der Waals surface area contributed by atoms with E-state index < -0.39 is 11.9 Å². The number of hydrogen-bond acceptors (Lipinski definition) is 6. The fourth-order valence-corrected chi connectivity index (χ4v) is 1.78. The number of amides is 3. The number of carbonyl (C=O) groups excluding carboxylic acids is 2. The van der Waals surface area contributed by atoms with Crippen LogP contribution >= 0.6 is 0 Å². The van der Waals surface area contributed by atoms with Gasteiger partial charge in [-0.3, -0.25) is 10.1 Å². The number of nitrogens with zero attached hydrogens (tertiary/aromatic N) is 4. The molecule has 2 rings (SSSR count). The van der Waals surface area contributed by atoms with Crippen molar-refractivity contribution >= 4 is 17.8 Å². The van der Waals surface area contributed by atoms with Gasteiger partial charge < -0.3 is 15.2 Å². The molecule has 0 saturated carbocycles. The highest BCUT2D eigenvalue weighted by atomic mass is 16.5. The average molecular weight is 321 g/mol. The Labute approximate surface area is 132 Å². The average Bonchev–Trinajstić information content (AvgIpc) is 3.20. The number of aromatic nitrogens is 4. The lowest BCUT2D eigenvalue weighted by atomic mass is 10.3. The third kappa shape index (κ3) is 4.05. The van der Waals surface area contributed by atoms with E-state index in [1.54, 1.807) is 16.9 Å². The normalized spacial score (nSPS) is 11.8. The maximum atomic E-state index is 11.9. The summed E-state index contributed by atoms with van der Waals surface area (Å²) in [6.45, 7) is 4.05. The summed E-state index contributed by atoms with van der Waals surface area (Å²) >= 11 is 0. The van der Waals surface area contributed by atoms with E-state index in [-0.39, 0.29) is 24.3 Å². The van der Waals surface area contributed by atoms with E-state index in [4.69, 9.17) is 4.52 Å². The maximum absolute atomic E-state index is 11.9. The van der Waals surface area contributed by atoms with Crippen LogP contribution in [0.3, 0.4) is 0 Å². The van der Waals surface area contributed by atoms with Crippen LogP contribution in [0.2, 0.25) is 0 Å². The highest BCUT2D eigenvalue weighted by Gasteiger charge is 2.14. The molecule has 0 aliphatic rings. The van der Waals surface area contributed by atoms with E-state index in [2.05, 4.69) is 31.2 Å². The molecule has 3 N–H and O–H groups in total. The van der Waals surface area contributed by atoms with Crippen LogP contribution in [-0.2, 0) is 6.54 Å². The van der Waals surface area contributed by atoms with Gasteiger partial charge in [0.25, 0.3) is 11.7 Å². The quantitative estimate of drug-likeness (QED) is 0.726. The summed E-state index contributed by atoms with van der Waals surface area (Å²) in [6.07, 6.45) is 2.51. The summed E-state index contributed by atoms with van der Waals surface area (Å²) in [4.78, 5) is 27.1. The van der Waals surface area contributed by atoms with Gasteiger partial charge in [0.05, 0.1) is 18.8 Å². The zero-order valence-electron chi connectivity index (χ0n) is 13.2. The highest BCUT2D eigenvalue weighted by Crippen LogP contribution is 2.16. The summed E-state index contributed by atoms with van der Waals surface area (Å²) in [5.41, 5.74) is 0. The standard InChI is InChI=1S/C13H19N7O3/c1-4-8(2)20-9(5-6-16-20)17-13(22)15-7-10-18-11(19-23-10)12(21)14-3/h5-6,8H,4,7H2,1-3H3,(H,14,21)(H2,15,17,22)/t8-/m1/s1. The molecule has 0 bridgehead atoms. The minimum Gasteiger partial charge on any atom is -0.352 e. The van der Waals surface area contributed by atoms with Crippen molar-refractivity contribution in [3.8, 4) is 0 Å². The number of urea groups is 1. The molecule has 23 heavy (non-hydrogen) atoms. The van der Waals surface area contributed by atoms with Gasteiger partial charge in [-0.15, -0.1) is 0 Å².